The summed E-state index contributed by atoms with van der Waals surface area (Å²) >= 11 is 0. The molecule has 1 aromatic carbocycles. The second-order valence-corrected chi connectivity index (χ2v) is 9.82. The molecule has 1 saturated carbocycles. The first-order chi connectivity index (χ1) is 17.2. The van der Waals surface area contributed by atoms with E-state index in [-0.39, 0.29) is 43.1 Å². The summed E-state index contributed by atoms with van der Waals surface area (Å²) in [6, 6.07) is 1.30. The van der Waals surface area contributed by atoms with E-state index in [0.29, 0.717) is 25.3 Å². The number of aliphatic hydroxyl groups is 2. The Kier molecular flexibility index (Phi) is 7.92. The third-order valence-corrected chi connectivity index (χ3v) is 7.24. The minimum absolute atomic E-state index is 0.0331. The molecule has 0 radical (unpaired) electrons. The SMILES string of the molecule is CCCC1=C(O)C(CCC)(CCC)C(=O)C(C(=O)C2CC2c2ccc(C(F)(F)F)cc2C(F)(F)F)=C1O. The molecule has 2 unspecified atom stereocenters. The van der Waals surface area contributed by atoms with Gasteiger partial charge >= 0.3 is 12.4 Å². The third kappa shape index (κ3) is 5.16. The van der Waals surface area contributed by atoms with E-state index < -0.39 is 69.2 Å². The molecule has 37 heavy (non-hydrogen) atoms. The second kappa shape index (κ2) is 10.2. The molecule has 1 aromatic rings. The van der Waals surface area contributed by atoms with Gasteiger partial charge in [0.15, 0.2) is 11.6 Å². The zero-order valence-electron chi connectivity index (χ0n) is 20.8. The summed E-state index contributed by atoms with van der Waals surface area (Å²) < 4.78 is 80.2. The molecule has 0 aromatic heterocycles. The average molecular weight is 533 g/mol. The number of hydrogen-bond donors (Lipinski definition) is 2. The first-order valence-corrected chi connectivity index (χ1v) is 12.4. The van der Waals surface area contributed by atoms with Gasteiger partial charge < -0.3 is 10.2 Å². The Labute approximate surface area is 211 Å². The third-order valence-electron chi connectivity index (χ3n) is 7.24. The summed E-state index contributed by atoms with van der Waals surface area (Å²) in [5.41, 5.74) is -5.26. The minimum atomic E-state index is -5.09. The highest BCUT2D eigenvalue weighted by molar-refractivity contribution is 6.25. The zero-order valence-corrected chi connectivity index (χ0v) is 20.8. The highest BCUT2D eigenvalue weighted by atomic mass is 19.4. The van der Waals surface area contributed by atoms with Crippen LogP contribution in [0, 0.1) is 11.3 Å². The summed E-state index contributed by atoms with van der Waals surface area (Å²) in [7, 11) is 0. The standard InChI is InChI=1S/C27H30F6O4/c1-4-7-16-21(34)20(24(37)25(10-5-2,11-6-3)23(16)36)22(35)18-13-17(18)15-9-8-14(26(28,29)30)12-19(15)27(31,32)33/h8-9,12,17-18,34,36H,4-7,10-11,13H2,1-3H3. The van der Waals surface area contributed by atoms with Crippen molar-refractivity contribution in [2.45, 2.75) is 84.0 Å². The lowest BCUT2D eigenvalue weighted by Gasteiger charge is -2.37. The molecule has 2 aliphatic rings. The molecule has 1 fully saturated rings. The molecule has 0 heterocycles. The number of alkyl halides is 6. The van der Waals surface area contributed by atoms with Crippen LogP contribution in [0.4, 0.5) is 26.3 Å². The Morgan fingerprint density at radius 2 is 1.57 bits per heavy atom. The lowest BCUT2D eigenvalue weighted by molar-refractivity contribution is -0.143. The van der Waals surface area contributed by atoms with Crippen molar-refractivity contribution in [1.29, 1.82) is 0 Å². The molecule has 2 atom stereocenters. The first-order valence-electron chi connectivity index (χ1n) is 12.4. The average Bonchev–Trinajstić information content (AvgIpc) is 3.60. The Morgan fingerprint density at radius 1 is 0.973 bits per heavy atom. The zero-order chi connectivity index (χ0) is 27.9. The molecule has 2 N–H and O–H groups in total. The van der Waals surface area contributed by atoms with Crippen LogP contribution in [0.2, 0.25) is 0 Å². The van der Waals surface area contributed by atoms with Gasteiger partial charge in [-0.15, -0.1) is 0 Å². The molecule has 0 spiro atoms. The lowest BCUT2D eigenvalue weighted by atomic mass is 9.66. The fraction of sp³-hybridized carbons (Fsp3) is 0.556. The normalized spacial score (nSPS) is 22.0. The van der Waals surface area contributed by atoms with E-state index in [9.17, 15) is 46.1 Å². The highest BCUT2D eigenvalue weighted by Gasteiger charge is 2.55. The van der Waals surface area contributed by atoms with Crippen LogP contribution in [0.1, 0.15) is 88.3 Å². The Bertz CT molecular complexity index is 1140. The van der Waals surface area contributed by atoms with Crippen LogP contribution in [-0.2, 0) is 21.9 Å². The van der Waals surface area contributed by atoms with Crippen LogP contribution in [0.15, 0.2) is 40.9 Å². The number of allylic oxidation sites excluding steroid dienone is 3. The number of Topliss-reactive ketones (excluding diaryl/α,β-unsaturated/α-hetero) is 2. The Balaban J connectivity index is 2.06. The van der Waals surface area contributed by atoms with E-state index in [0.717, 1.165) is 6.07 Å². The van der Waals surface area contributed by atoms with Crippen LogP contribution < -0.4 is 0 Å². The first kappa shape index (κ1) is 28.8. The molecular weight excluding hydrogens is 502 g/mol. The van der Waals surface area contributed by atoms with Gasteiger partial charge in [-0.25, -0.2) is 0 Å². The maximum absolute atomic E-state index is 13.7. The van der Waals surface area contributed by atoms with Crippen molar-refractivity contribution in [1.82, 2.24) is 0 Å². The molecule has 0 aliphatic heterocycles. The molecule has 10 heteroatoms. The number of halogens is 6. The van der Waals surface area contributed by atoms with Gasteiger partial charge in [0.1, 0.15) is 17.1 Å². The lowest BCUT2D eigenvalue weighted by Crippen LogP contribution is -2.41. The predicted molar refractivity (Wildman–Crippen MR) is 124 cm³/mol. The molecule has 2 aliphatic carbocycles. The van der Waals surface area contributed by atoms with Gasteiger partial charge in [0, 0.05) is 11.5 Å². The number of carbonyl (C=O) groups excluding carboxylic acids is 2. The largest absolute Gasteiger partial charge is 0.511 e. The summed E-state index contributed by atoms with van der Waals surface area (Å²) in [5, 5.41) is 21.9. The quantitative estimate of drug-likeness (QED) is 0.250. The van der Waals surface area contributed by atoms with Gasteiger partial charge in [-0.3, -0.25) is 9.59 Å². The molecule has 0 amide bonds. The molecule has 3 rings (SSSR count). The molecular formula is C27H30F6O4. The molecule has 204 valence electrons. The van der Waals surface area contributed by atoms with Crippen LogP contribution >= 0.6 is 0 Å². The maximum Gasteiger partial charge on any atom is 0.416 e. The number of carbonyl (C=O) groups is 2. The Morgan fingerprint density at radius 3 is 2.05 bits per heavy atom. The van der Waals surface area contributed by atoms with Gasteiger partial charge in [0.25, 0.3) is 0 Å². The van der Waals surface area contributed by atoms with Crippen molar-refractivity contribution in [3.8, 4) is 0 Å². The van der Waals surface area contributed by atoms with E-state index >= 15 is 0 Å². The van der Waals surface area contributed by atoms with Crippen molar-refractivity contribution < 1.29 is 46.1 Å². The van der Waals surface area contributed by atoms with Crippen molar-refractivity contribution in [3.63, 3.8) is 0 Å². The van der Waals surface area contributed by atoms with Crippen LogP contribution in [-0.4, -0.2) is 21.8 Å². The second-order valence-electron chi connectivity index (χ2n) is 9.82. The van der Waals surface area contributed by atoms with E-state index in [1.807, 2.05) is 0 Å². The highest BCUT2D eigenvalue weighted by Crippen LogP contribution is 2.55. The van der Waals surface area contributed by atoms with Crippen LogP contribution in [0.25, 0.3) is 0 Å². The monoisotopic (exact) mass is 532 g/mol. The number of hydrogen-bond acceptors (Lipinski definition) is 4. The van der Waals surface area contributed by atoms with E-state index in [1.165, 1.54) is 0 Å². The van der Waals surface area contributed by atoms with Crippen LogP contribution in [0.5, 0.6) is 0 Å². The summed E-state index contributed by atoms with van der Waals surface area (Å²) in [6.07, 6.45) is -8.09. The van der Waals surface area contributed by atoms with E-state index in [2.05, 4.69) is 0 Å². The summed E-state index contributed by atoms with van der Waals surface area (Å²) in [5.74, 6) is -4.70. The van der Waals surface area contributed by atoms with Gasteiger partial charge in [0.05, 0.1) is 16.5 Å². The number of rotatable bonds is 9. The molecule has 0 saturated heterocycles. The van der Waals surface area contributed by atoms with Gasteiger partial charge in [-0.2, -0.15) is 26.3 Å². The van der Waals surface area contributed by atoms with Crippen LogP contribution in [0.3, 0.4) is 0 Å². The fourth-order valence-electron chi connectivity index (χ4n) is 5.48. The molecule has 0 bridgehead atoms. The van der Waals surface area contributed by atoms with E-state index in [1.54, 1.807) is 20.8 Å². The minimum Gasteiger partial charge on any atom is -0.511 e. The van der Waals surface area contributed by atoms with Crippen molar-refractivity contribution in [2.75, 3.05) is 0 Å². The predicted octanol–water partition coefficient (Wildman–Crippen LogP) is 7.99. The van der Waals surface area contributed by atoms with E-state index in [4.69, 9.17) is 0 Å². The van der Waals surface area contributed by atoms with Gasteiger partial charge in [-0.1, -0.05) is 46.1 Å². The maximum atomic E-state index is 13.7. The van der Waals surface area contributed by atoms with Gasteiger partial charge in [0.2, 0.25) is 0 Å². The van der Waals surface area contributed by atoms with Crippen molar-refractivity contribution in [2.24, 2.45) is 11.3 Å². The Hall–Kier alpha value is -2.78. The number of benzene rings is 1. The fourth-order valence-corrected chi connectivity index (χ4v) is 5.48. The summed E-state index contributed by atoms with van der Waals surface area (Å²) in [4.78, 5) is 27.2. The number of aliphatic hydroxyl groups excluding tert-OH is 2. The topological polar surface area (TPSA) is 74.6 Å². The molecule has 4 nitrogen and oxygen atoms in total. The van der Waals surface area contributed by atoms with Crippen molar-refractivity contribution >= 4 is 11.6 Å². The number of ketones is 2. The summed E-state index contributed by atoms with van der Waals surface area (Å²) in [6.45, 7) is 5.39. The van der Waals surface area contributed by atoms with Crippen molar-refractivity contribution in [3.05, 3.63) is 57.6 Å². The van der Waals surface area contributed by atoms with Gasteiger partial charge in [-0.05, 0) is 49.3 Å². The smallest absolute Gasteiger partial charge is 0.416 e.